The zero-order chi connectivity index (χ0) is 17.8. The van der Waals surface area contributed by atoms with Crippen LogP contribution in [0.25, 0.3) is 10.9 Å². The van der Waals surface area contributed by atoms with Crippen LogP contribution in [-0.2, 0) is 11.3 Å². The highest BCUT2D eigenvalue weighted by atomic mass is 35.5. The van der Waals surface area contributed by atoms with Gasteiger partial charge in [0.25, 0.3) is 5.56 Å². The van der Waals surface area contributed by atoms with Crippen molar-refractivity contribution in [2.75, 3.05) is 11.1 Å². The molecule has 2 heterocycles. The van der Waals surface area contributed by atoms with Gasteiger partial charge in [-0.1, -0.05) is 29.8 Å². The Kier molecular flexibility index (Phi) is 5.40. The molecule has 0 saturated carbocycles. The molecule has 0 saturated heterocycles. The minimum atomic E-state index is -0.191. The first-order chi connectivity index (χ1) is 12.1. The summed E-state index contributed by atoms with van der Waals surface area (Å²) in [4.78, 5) is 29.2. The summed E-state index contributed by atoms with van der Waals surface area (Å²) in [5, 5.41) is 4.19. The Labute approximate surface area is 154 Å². The SMILES string of the molecule is CCn1c(=O)cc(SCC(=O)Nc2ccc(Cl)cn2)c2ccccc21. The number of anilines is 1. The Bertz CT molecular complexity index is 970. The number of carbonyl (C=O) groups excluding carboxylic acids is 1. The number of halogens is 1. The molecular formula is C18H16ClN3O2S. The molecule has 7 heteroatoms. The third-order valence-electron chi connectivity index (χ3n) is 3.65. The topological polar surface area (TPSA) is 64.0 Å². The van der Waals surface area contributed by atoms with Crippen molar-refractivity contribution in [2.45, 2.75) is 18.4 Å². The van der Waals surface area contributed by atoms with Crippen molar-refractivity contribution in [3.05, 3.63) is 64.0 Å². The molecule has 2 aromatic heterocycles. The lowest BCUT2D eigenvalue weighted by molar-refractivity contribution is -0.113. The van der Waals surface area contributed by atoms with Gasteiger partial charge in [0.2, 0.25) is 5.91 Å². The van der Waals surface area contributed by atoms with Gasteiger partial charge in [-0.25, -0.2) is 4.98 Å². The third kappa shape index (κ3) is 4.03. The van der Waals surface area contributed by atoms with Crippen LogP contribution in [0.15, 0.2) is 58.4 Å². The van der Waals surface area contributed by atoms with E-state index in [1.807, 2.05) is 31.2 Å². The molecule has 3 rings (SSSR count). The average molecular weight is 374 g/mol. The summed E-state index contributed by atoms with van der Waals surface area (Å²) in [7, 11) is 0. The molecule has 0 bridgehead atoms. The van der Waals surface area contributed by atoms with Gasteiger partial charge in [0, 0.05) is 29.1 Å². The maximum absolute atomic E-state index is 12.3. The van der Waals surface area contributed by atoms with Crippen LogP contribution < -0.4 is 10.9 Å². The molecule has 3 aromatic rings. The number of aryl methyl sites for hydroxylation is 1. The highest BCUT2D eigenvalue weighted by molar-refractivity contribution is 8.00. The number of nitrogens with zero attached hydrogens (tertiary/aromatic N) is 2. The first-order valence-electron chi connectivity index (χ1n) is 7.75. The van der Waals surface area contributed by atoms with E-state index in [-0.39, 0.29) is 17.2 Å². The summed E-state index contributed by atoms with van der Waals surface area (Å²) >= 11 is 7.11. The second-order valence-corrected chi connectivity index (χ2v) is 6.76. The Balaban J connectivity index is 1.78. The van der Waals surface area contributed by atoms with Crippen molar-refractivity contribution in [3.8, 4) is 0 Å². The molecule has 0 spiro atoms. The minimum absolute atomic E-state index is 0.0662. The number of para-hydroxylation sites is 1. The Hall–Kier alpha value is -2.31. The maximum Gasteiger partial charge on any atom is 0.252 e. The van der Waals surface area contributed by atoms with Crippen molar-refractivity contribution >= 4 is 46.0 Å². The van der Waals surface area contributed by atoms with Crippen molar-refractivity contribution in [1.82, 2.24) is 9.55 Å². The van der Waals surface area contributed by atoms with Crippen molar-refractivity contribution < 1.29 is 4.79 Å². The lowest BCUT2D eigenvalue weighted by Crippen LogP contribution is -2.19. The smallest absolute Gasteiger partial charge is 0.252 e. The lowest BCUT2D eigenvalue weighted by atomic mass is 10.2. The molecule has 128 valence electrons. The van der Waals surface area contributed by atoms with Crippen LogP contribution >= 0.6 is 23.4 Å². The number of benzene rings is 1. The fraction of sp³-hybridized carbons (Fsp3) is 0.167. The van der Waals surface area contributed by atoms with Gasteiger partial charge < -0.3 is 9.88 Å². The highest BCUT2D eigenvalue weighted by Crippen LogP contribution is 2.26. The monoisotopic (exact) mass is 373 g/mol. The minimum Gasteiger partial charge on any atom is -0.310 e. The number of carbonyl (C=O) groups is 1. The molecule has 1 aromatic carbocycles. The first-order valence-corrected chi connectivity index (χ1v) is 9.11. The van der Waals surface area contributed by atoms with Gasteiger partial charge in [0.05, 0.1) is 16.3 Å². The van der Waals surface area contributed by atoms with E-state index in [4.69, 9.17) is 11.6 Å². The van der Waals surface area contributed by atoms with E-state index in [0.717, 1.165) is 15.8 Å². The van der Waals surface area contributed by atoms with E-state index in [1.165, 1.54) is 18.0 Å². The number of amides is 1. The van der Waals surface area contributed by atoms with Crippen molar-refractivity contribution in [2.24, 2.45) is 0 Å². The predicted molar refractivity (Wildman–Crippen MR) is 102 cm³/mol. The Morgan fingerprint density at radius 1 is 1.28 bits per heavy atom. The van der Waals surface area contributed by atoms with Crippen LogP contribution in [0.4, 0.5) is 5.82 Å². The van der Waals surface area contributed by atoms with Gasteiger partial charge in [0.1, 0.15) is 5.82 Å². The van der Waals surface area contributed by atoms with Crippen LogP contribution in [-0.4, -0.2) is 21.2 Å². The van der Waals surface area contributed by atoms with E-state index in [1.54, 1.807) is 22.8 Å². The molecular weight excluding hydrogens is 358 g/mol. The Morgan fingerprint density at radius 3 is 2.80 bits per heavy atom. The molecule has 0 aliphatic carbocycles. The van der Waals surface area contributed by atoms with Gasteiger partial charge in [0.15, 0.2) is 0 Å². The molecule has 0 fully saturated rings. The summed E-state index contributed by atoms with van der Waals surface area (Å²) in [6, 6.07) is 12.6. The lowest BCUT2D eigenvalue weighted by Gasteiger charge is -2.11. The van der Waals surface area contributed by atoms with Gasteiger partial charge in [-0.2, -0.15) is 0 Å². The van der Waals surface area contributed by atoms with E-state index in [0.29, 0.717) is 17.4 Å². The fourth-order valence-corrected chi connectivity index (χ4v) is 3.50. The largest absolute Gasteiger partial charge is 0.310 e. The number of thioether (sulfide) groups is 1. The number of nitrogens with one attached hydrogen (secondary N) is 1. The molecule has 25 heavy (non-hydrogen) atoms. The molecule has 0 unspecified atom stereocenters. The summed E-state index contributed by atoms with van der Waals surface area (Å²) in [5.74, 6) is 0.439. The molecule has 0 radical (unpaired) electrons. The number of aromatic nitrogens is 2. The second-order valence-electron chi connectivity index (χ2n) is 5.31. The standard InChI is InChI=1S/C18H16ClN3O2S/c1-2-22-14-6-4-3-5-13(14)15(9-18(22)24)25-11-17(23)21-16-8-7-12(19)10-20-16/h3-10H,2,11H2,1H3,(H,20,21,23). The second kappa shape index (κ2) is 7.72. The Morgan fingerprint density at radius 2 is 2.08 bits per heavy atom. The zero-order valence-electron chi connectivity index (χ0n) is 13.5. The summed E-state index contributed by atoms with van der Waals surface area (Å²) in [6.45, 7) is 2.54. The molecule has 1 amide bonds. The van der Waals surface area contributed by atoms with Crippen LogP contribution in [0.2, 0.25) is 5.02 Å². The zero-order valence-corrected chi connectivity index (χ0v) is 15.1. The molecule has 0 atom stereocenters. The van der Waals surface area contributed by atoms with Crippen LogP contribution in [0.5, 0.6) is 0 Å². The summed E-state index contributed by atoms with van der Waals surface area (Å²) in [6.07, 6.45) is 1.47. The predicted octanol–water partition coefficient (Wildman–Crippen LogP) is 3.80. The third-order valence-corrected chi connectivity index (χ3v) is 4.93. The van der Waals surface area contributed by atoms with Gasteiger partial charge in [-0.05, 0) is 25.1 Å². The van der Waals surface area contributed by atoms with Gasteiger partial charge in [-0.3, -0.25) is 9.59 Å². The normalized spacial score (nSPS) is 10.8. The number of pyridine rings is 2. The summed E-state index contributed by atoms with van der Waals surface area (Å²) in [5.41, 5.74) is 0.809. The van der Waals surface area contributed by atoms with Crippen LogP contribution in [0.3, 0.4) is 0 Å². The van der Waals surface area contributed by atoms with Crippen LogP contribution in [0.1, 0.15) is 6.92 Å². The fourth-order valence-electron chi connectivity index (χ4n) is 2.52. The average Bonchev–Trinajstić information content (AvgIpc) is 2.62. The van der Waals surface area contributed by atoms with E-state index in [9.17, 15) is 9.59 Å². The maximum atomic E-state index is 12.3. The number of hydrogen-bond donors (Lipinski definition) is 1. The number of rotatable bonds is 5. The highest BCUT2D eigenvalue weighted by Gasteiger charge is 2.10. The quantitative estimate of drug-likeness (QED) is 0.691. The number of hydrogen-bond acceptors (Lipinski definition) is 4. The van der Waals surface area contributed by atoms with E-state index >= 15 is 0 Å². The number of fused-ring (bicyclic) bond motifs is 1. The van der Waals surface area contributed by atoms with Crippen molar-refractivity contribution in [3.63, 3.8) is 0 Å². The molecule has 1 N–H and O–H groups in total. The van der Waals surface area contributed by atoms with E-state index in [2.05, 4.69) is 10.3 Å². The summed E-state index contributed by atoms with van der Waals surface area (Å²) < 4.78 is 1.72. The van der Waals surface area contributed by atoms with Gasteiger partial charge in [-0.15, -0.1) is 11.8 Å². The van der Waals surface area contributed by atoms with Crippen molar-refractivity contribution in [1.29, 1.82) is 0 Å². The molecule has 5 nitrogen and oxygen atoms in total. The molecule has 0 aliphatic heterocycles. The van der Waals surface area contributed by atoms with Crippen LogP contribution in [0, 0.1) is 0 Å². The first kappa shape index (κ1) is 17.5. The molecule has 0 aliphatic rings. The van der Waals surface area contributed by atoms with Gasteiger partial charge >= 0.3 is 0 Å². The van der Waals surface area contributed by atoms with E-state index < -0.39 is 0 Å².